The Hall–Kier alpha value is -2.39. The minimum atomic E-state index is -3.41. The fourth-order valence-electron chi connectivity index (χ4n) is 2.99. The molecule has 1 atom stereocenters. The number of sulfonamides is 1. The highest BCUT2D eigenvalue weighted by Crippen LogP contribution is 2.42. The van der Waals surface area contributed by atoms with Crippen molar-refractivity contribution in [3.05, 3.63) is 59.4 Å². The Morgan fingerprint density at radius 1 is 1.26 bits per heavy atom. The van der Waals surface area contributed by atoms with Crippen LogP contribution in [0, 0.1) is 5.82 Å². The molecule has 1 N–H and O–H groups in total. The molecule has 2 aliphatic heterocycles. The molecule has 0 unspecified atom stereocenters. The van der Waals surface area contributed by atoms with Gasteiger partial charge in [0.1, 0.15) is 5.82 Å². The highest BCUT2D eigenvalue weighted by Gasteiger charge is 2.33. The van der Waals surface area contributed by atoms with E-state index in [1.54, 1.807) is 30.3 Å². The van der Waals surface area contributed by atoms with Gasteiger partial charge in [-0.05, 0) is 54.6 Å². The van der Waals surface area contributed by atoms with Crippen molar-refractivity contribution >= 4 is 38.5 Å². The molecule has 0 saturated heterocycles. The monoisotopic (exact) mass is 405 g/mol. The number of nitrogens with one attached hydrogen (secondary N) is 1. The molecule has 0 bridgehead atoms. The molecule has 27 heavy (non-hydrogen) atoms. The first-order chi connectivity index (χ1) is 12.8. The zero-order valence-electron chi connectivity index (χ0n) is 14.3. The number of hydrogen-bond donors (Lipinski definition) is 1. The standard InChI is InChI=1S/C18H16FN3O3S2/c1-11(12-2-5-14(19)6-3-12)20-17(23)13-4-7-15-16(10-13)26-18-21-27(24,25)9-8-22(15)18/h2-7,10-11H,8-9H2,1H3,(H,20,23)/t11-/m0/s1. The predicted molar refractivity (Wildman–Crippen MR) is 103 cm³/mol. The minimum absolute atomic E-state index is 0.0199. The Labute approximate surface area is 160 Å². The summed E-state index contributed by atoms with van der Waals surface area (Å²) >= 11 is 1.25. The number of amidine groups is 1. The van der Waals surface area contributed by atoms with Gasteiger partial charge in [-0.1, -0.05) is 12.1 Å². The van der Waals surface area contributed by atoms with Crippen LogP contribution in [0.2, 0.25) is 0 Å². The van der Waals surface area contributed by atoms with E-state index in [1.165, 1.54) is 23.9 Å². The third kappa shape index (κ3) is 3.57. The summed E-state index contributed by atoms with van der Waals surface area (Å²) in [7, 11) is -3.41. The van der Waals surface area contributed by atoms with Gasteiger partial charge >= 0.3 is 0 Å². The summed E-state index contributed by atoms with van der Waals surface area (Å²) in [6.45, 7) is 2.18. The Kier molecular flexibility index (Phi) is 4.43. The van der Waals surface area contributed by atoms with Gasteiger partial charge in [-0.25, -0.2) is 12.8 Å². The summed E-state index contributed by atoms with van der Waals surface area (Å²) in [5.41, 5.74) is 2.13. The van der Waals surface area contributed by atoms with Crippen LogP contribution in [0.3, 0.4) is 0 Å². The summed E-state index contributed by atoms with van der Waals surface area (Å²) in [4.78, 5) is 15.2. The second-order valence-electron chi connectivity index (χ2n) is 6.34. The Morgan fingerprint density at radius 2 is 2.00 bits per heavy atom. The minimum Gasteiger partial charge on any atom is -0.346 e. The summed E-state index contributed by atoms with van der Waals surface area (Å²) in [5, 5.41) is 3.31. The first-order valence-corrected chi connectivity index (χ1v) is 10.7. The maximum atomic E-state index is 13.0. The molecular weight excluding hydrogens is 389 g/mol. The van der Waals surface area contributed by atoms with Gasteiger partial charge in [0.05, 0.1) is 17.5 Å². The topological polar surface area (TPSA) is 78.8 Å². The lowest BCUT2D eigenvalue weighted by Gasteiger charge is -2.22. The van der Waals surface area contributed by atoms with E-state index in [-0.39, 0.29) is 23.5 Å². The van der Waals surface area contributed by atoms with Gasteiger partial charge in [-0.2, -0.15) is 0 Å². The number of amides is 1. The van der Waals surface area contributed by atoms with Crippen LogP contribution >= 0.6 is 11.8 Å². The van der Waals surface area contributed by atoms with Gasteiger partial charge in [0, 0.05) is 17.0 Å². The molecule has 0 radical (unpaired) electrons. The first-order valence-electron chi connectivity index (χ1n) is 8.31. The summed E-state index contributed by atoms with van der Waals surface area (Å²) in [6, 6.07) is 11.0. The van der Waals surface area contributed by atoms with Crippen molar-refractivity contribution < 1.29 is 17.6 Å². The van der Waals surface area contributed by atoms with Crippen LogP contribution in [0.5, 0.6) is 0 Å². The third-order valence-corrected chi connectivity index (χ3v) is 6.76. The number of carbonyl (C=O) groups excluding carboxylic acids is 1. The molecule has 140 valence electrons. The Bertz CT molecular complexity index is 1050. The van der Waals surface area contributed by atoms with Gasteiger partial charge in [0.2, 0.25) is 0 Å². The average molecular weight is 405 g/mol. The number of hydrogen-bond acceptors (Lipinski definition) is 5. The van der Waals surface area contributed by atoms with E-state index in [2.05, 4.69) is 9.71 Å². The second kappa shape index (κ2) is 6.65. The van der Waals surface area contributed by atoms with Crippen molar-refractivity contribution in [2.24, 2.45) is 4.40 Å². The van der Waals surface area contributed by atoms with E-state index in [0.29, 0.717) is 17.3 Å². The van der Waals surface area contributed by atoms with Crippen molar-refractivity contribution in [3.8, 4) is 0 Å². The van der Waals surface area contributed by atoms with E-state index in [4.69, 9.17) is 0 Å². The fraction of sp³-hybridized carbons (Fsp3) is 0.222. The van der Waals surface area contributed by atoms with E-state index >= 15 is 0 Å². The molecule has 2 aliphatic rings. The van der Waals surface area contributed by atoms with Gasteiger partial charge in [0.25, 0.3) is 15.9 Å². The van der Waals surface area contributed by atoms with Crippen LogP contribution in [0.1, 0.15) is 28.9 Å². The molecule has 2 aromatic rings. The molecule has 2 aromatic carbocycles. The number of anilines is 1. The molecule has 9 heteroatoms. The fourth-order valence-corrected chi connectivity index (χ4v) is 5.28. The number of thioether (sulfide) groups is 1. The number of carbonyl (C=O) groups is 1. The van der Waals surface area contributed by atoms with Crippen molar-refractivity contribution in [1.29, 1.82) is 0 Å². The van der Waals surface area contributed by atoms with Gasteiger partial charge in [-0.15, -0.1) is 4.40 Å². The highest BCUT2D eigenvalue weighted by atomic mass is 32.2. The SMILES string of the molecule is C[C@H](NC(=O)c1ccc2c(c1)SC1=NS(=O)(=O)CCN12)c1ccc(F)cc1. The first kappa shape index (κ1) is 18.0. The van der Waals surface area contributed by atoms with Gasteiger partial charge in [-0.3, -0.25) is 4.79 Å². The van der Waals surface area contributed by atoms with Gasteiger partial charge in [0.15, 0.2) is 5.17 Å². The molecule has 0 saturated carbocycles. The molecule has 4 rings (SSSR count). The molecule has 0 spiro atoms. The normalized spacial score (nSPS) is 18.3. The highest BCUT2D eigenvalue weighted by molar-refractivity contribution is 8.15. The number of benzene rings is 2. The van der Waals surface area contributed by atoms with Crippen LogP contribution in [-0.2, 0) is 10.0 Å². The molecule has 0 aliphatic carbocycles. The van der Waals surface area contributed by atoms with Crippen molar-refractivity contribution in [1.82, 2.24) is 5.32 Å². The van der Waals surface area contributed by atoms with Crippen LogP contribution in [0.25, 0.3) is 0 Å². The van der Waals surface area contributed by atoms with Crippen LogP contribution in [-0.4, -0.2) is 31.8 Å². The van der Waals surface area contributed by atoms with Crippen LogP contribution < -0.4 is 10.2 Å². The lowest BCUT2D eigenvalue weighted by atomic mass is 10.1. The molecule has 6 nitrogen and oxygen atoms in total. The van der Waals surface area contributed by atoms with Crippen molar-refractivity contribution in [3.63, 3.8) is 0 Å². The molecule has 0 aromatic heterocycles. The maximum absolute atomic E-state index is 13.0. The molecule has 1 amide bonds. The molecule has 2 heterocycles. The van der Waals surface area contributed by atoms with Crippen LogP contribution in [0.15, 0.2) is 51.8 Å². The zero-order chi connectivity index (χ0) is 19.2. The smallest absolute Gasteiger partial charge is 0.257 e. The van der Waals surface area contributed by atoms with Crippen molar-refractivity contribution in [2.45, 2.75) is 17.9 Å². The lowest BCUT2D eigenvalue weighted by Crippen LogP contribution is -2.35. The quantitative estimate of drug-likeness (QED) is 0.850. The summed E-state index contributed by atoms with van der Waals surface area (Å²) < 4.78 is 40.2. The maximum Gasteiger partial charge on any atom is 0.257 e. The van der Waals surface area contributed by atoms with Crippen molar-refractivity contribution in [2.75, 3.05) is 17.2 Å². The van der Waals surface area contributed by atoms with E-state index in [9.17, 15) is 17.6 Å². The van der Waals surface area contributed by atoms with E-state index in [0.717, 1.165) is 16.1 Å². The van der Waals surface area contributed by atoms with Gasteiger partial charge < -0.3 is 10.2 Å². The largest absolute Gasteiger partial charge is 0.346 e. The van der Waals surface area contributed by atoms with E-state index < -0.39 is 10.0 Å². The number of nitrogens with zero attached hydrogens (tertiary/aromatic N) is 2. The summed E-state index contributed by atoms with van der Waals surface area (Å²) in [5.74, 6) is -0.600. The molecule has 0 fully saturated rings. The Balaban J connectivity index is 1.53. The Morgan fingerprint density at radius 3 is 2.74 bits per heavy atom. The second-order valence-corrected chi connectivity index (χ2v) is 9.11. The average Bonchev–Trinajstić information content (AvgIpc) is 2.97. The number of halogens is 1. The molecular formula is C18H16FN3O3S2. The third-order valence-electron chi connectivity index (χ3n) is 4.45. The summed E-state index contributed by atoms with van der Waals surface area (Å²) in [6.07, 6.45) is 0. The number of rotatable bonds is 3. The number of fused-ring (bicyclic) bond motifs is 3. The predicted octanol–water partition coefficient (Wildman–Crippen LogP) is 2.93. The lowest BCUT2D eigenvalue weighted by molar-refractivity contribution is 0.0939. The zero-order valence-corrected chi connectivity index (χ0v) is 16.0. The van der Waals surface area contributed by atoms with Crippen LogP contribution in [0.4, 0.5) is 10.1 Å². The van der Waals surface area contributed by atoms with E-state index in [1.807, 2.05) is 11.8 Å².